The van der Waals surface area contributed by atoms with Crippen LogP contribution in [0.25, 0.3) is 16.5 Å². The molecule has 1 aliphatic carbocycles. The number of fused-ring (bicyclic) bond motifs is 1. The molecular formula is C23H18F4N2O2. The second-order valence-electron chi connectivity index (χ2n) is 7.88. The Labute approximate surface area is 175 Å². The first-order valence-electron chi connectivity index (χ1n) is 9.75. The van der Waals surface area contributed by atoms with Gasteiger partial charge in [-0.1, -0.05) is 12.1 Å². The number of ether oxygens (including phenoxy) is 1. The van der Waals surface area contributed by atoms with E-state index in [1.807, 2.05) is 6.92 Å². The molecule has 4 nitrogen and oxygen atoms in total. The van der Waals surface area contributed by atoms with Crippen molar-refractivity contribution in [2.75, 3.05) is 11.9 Å². The summed E-state index contributed by atoms with van der Waals surface area (Å²) in [4.78, 5) is 4.42. The first kappa shape index (κ1) is 19.8. The van der Waals surface area contributed by atoms with Crippen molar-refractivity contribution in [3.63, 3.8) is 0 Å². The lowest BCUT2D eigenvalue weighted by molar-refractivity contribution is -0.265. The molecule has 5 rings (SSSR count). The molecule has 160 valence electrons. The maximum atomic E-state index is 14.3. The number of nitrogens with one attached hydrogen (secondary N) is 1. The van der Waals surface area contributed by atoms with Crippen molar-refractivity contribution in [3.05, 3.63) is 71.2 Å². The van der Waals surface area contributed by atoms with Gasteiger partial charge >= 0.3 is 6.18 Å². The van der Waals surface area contributed by atoms with Crippen LogP contribution in [0, 0.1) is 12.7 Å². The van der Waals surface area contributed by atoms with Gasteiger partial charge in [0, 0.05) is 28.8 Å². The summed E-state index contributed by atoms with van der Waals surface area (Å²) in [5.74, 6) is -0.730. The summed E-state index contributed by atoms with van der Waals surface area (Å²) >= 11 is 0. The van der Waals surface area contributed by atoms with Crippen molar-refractivity contribution < 1.29 is 27.4 Å². The number of aryl methyl sites for hydroxylation is 1. The molecule has 0 saturated carbocycles. The third-order valence-corrected chi connectivity index (χ3v) is 5.93. The lowest BCUT2D eigenvalue weighted by Crippen LogP contribution is -2.54. The molecular weight excluding hydrogens is 412 g/mol. The number of nitrogens with zero attached hydrogens (tertiary/aromatic N) is 1. The maximum absolute atomic E-state index is 14.3. The predicted octanol–water partition coefficient (Wildman–Crippen LogP) is 5.31. The first-order chi connectivity index (χ1) is 14.7. The van der Waals surface area contributed by atoms with Gasteiger partial charge in [-0.2, -0.15) is 13.2 Å². The minimum atomic E-state index is -4.94. The molecule has 2 N–H and O–H groups in total. The van der Waals surface area contributed by atoms with E-state index in [0.29, 0.717) is 16.6 Å². The van der Waals surface area contributed by atoms with E-state index in [4.69, 9.17) is 4.74 Å². The van der Waals surface area contributed by atoms with Crippen LogP contribution in [0.15, 0.2) is 48.5 Å². The van der Waals surface area contributed by atoms with Crippen LogP contribution >= 0.6 is 0 Å². The van der Waals surface area contributed by atoms with Crippen molar-refractivity contribution >= 4 is 22.2 Å². The van der Waals surface area contributed by atoms with Crippen LogP contribution in [0.5, 0.6) is 5.75 Å². The smallest absolute Gasteiger partial charge is 0.419 e. The number of pyridine rings is 1. The van der Waals surface area contributed by atoms with Gasteiger partial charge in [-0.25, -0.2) is 4.39 Å². The fourth-order valence-corrected chi connectivity index (χ4v) is 4.42. The Morgan fingerprint density at radius 3 is 2.74 bits per heavy atom. The van der Waals surface area contributed by atoms with Crippen molar-refractivity contribution in [3.8, 4) is 5.75 Å². The molecule has 0 fully saturated rings. The first-order valence-corrected chi connectivity index (χ1v) is 9.75. The third kappa shape index (κ3) is 2.96. The van der Waals surface area contributed by atoms with Gasteiger partial charge in [0.15, 0.2) is 17.2 Å². The number of alkyl halides is 3. The molecule has 0 unspecified atom stereocenters. The standard InChI is InChI=1S/C23H18F4N2O2/c1-12-5-6-14-17(28-12)3-2-4-18(14)29-21-15-7-8-16(24)20-19(15)13(9-10-31-20)11-22(21,30)23(25,26)27/h2-9,21,29-30H,10-11H2,1H3/t21-,22-/m0/s1. The predicted molar refractivity (Wildman–Crippen MR) is 108 cm³/mol. The van der Waals surface area contributed by atoms with Gasteiger partial charge < -0.3 is 15.2 Å². The van der Waals surface area contributed by atoms with Crippen molar-refractivity contribution in [1.29, 1.82) is 0 Å². The molecule has 0 bridgehead atoms. The van der Waals surface area contributed by atoms with Crippen LogP contribution in [0.4, 0.5) is 23.2 Å². The molecule has 2 atom stereocenters. The van der Waals surface area contributed by atoms with E-state index in [9.17, 15) is 22.7 Å². The van der Waals surface area contributed by atoms with E-state index in [1.54, 1.807) is 30.3 Å². The average Bonchev–Trinajstić information content (AvgIpc) is 2.71. The fourth-order valence-electron chi connectivity index (χ4n) is 4.42. The molecule has 3 aromatic rings. The Kier molecular flexibility index (Phi) is 4.27. The molecule has 2 aromatic carbocycles. The van der Waals surface area contributed by atoms with Gasteiger partial charge in [0.2, 0.25) is 0 Å². The minimum Gasteiger partial charge on any atom is -0.486 e. The maximum Gasteiger partial charge on any atom is 0.419 e. The highest BCUT2D eigenvalue weighted by molar-refractivity contribution is 5.92. The number of rotatable bonds is 2. The molecule has 2 heterocycles. The third-order valence-electron chi connectivity index (χ3n) is 5.93. The van der Waals surface area contributed by atoms with Gasteiger partial charge in [-0.05, 0) is 54.5 Å². The number of aromatic nitrogens is 1. The average molecular weight is 430 g/mol. The summed E-state index contributed by atoms with van der Waals surface area (Å²) in [5.41, 5.74) is -0.699. The molecule has 0 amide bonds. The number of aliphatic hydroxyl groups is 1. The summed E-state index contributed by atoms with van der Waals surface area (Å²) in [6.45, 7) is 1.77. The van der Waals surface area contributed by atoms with Crippen molar-refractivity contribution in [2.45, 2.75) is 31.2 Å². The van der Waals surface area contributed by atoms with Crippen molar-refractivity contribution in [2.24, 2.45) is 0 Å². The molecule has 31 heavy (non-hydrogen) atoms. The van der Waals surface area contributed by atoms with Crippen LogP contribution in [0.3, 0.4) is 0 Å². The van der Waals surface area contributed by atoms with Crippen LogP contribution in [-0.4, -0.2) is 28.5 Å². The molecule has 0 spiro atoms. The Morgan fingerprint density at radius 2 is 1.97 bits per heavy atom. The molecule has 0 saturated heterocycles. The molecule has 2 aliphatic rings. The van der Waals surface area contributed by atoms with Gasteiger partial charge in [-0.3, -0.25) is 4.98 Å². The molecule has 1 aromatic heterocycles. The Bertz CT molecular complexity index is 1240. The second kappa shape index (κ2) is 6.68. The molecule has 8 heteroatoms. The van der Waals surface area contributed by atoms with E-state index in [-0.39, 0.29) is 29.1 Å². The van der Waals surface area contributed by atoms with Gasteiger partial charge in [0.05, 0.1) is 11.6 Å². The highest BCUT2D eigenvalue weighted by Crippen LogP contribution is 2.55. The van der Waals surface area contributed by atoms with Crippen LogP contribution < -0.4 is 10.1 Å². The van der Waals surface area contributed by atoms with E-state index in [0.717, 1.165) is 11.8 Å². The minimum absolute atomic E-state index is 0.0525. The fraction of sp³-hybridized carbons (Fsp3) is 0.261. The lowest BCUT2D eigenvalue weighted by atomic mass is 9.72. The molecule has 1 aliphatic heterocycles. The molecule has 0 radical (unpaired) electrons. The van der Waals surface area contributed by atoms with Crippen LogP contribution in [-0.2, 0) is 0 Å². The number of anilines is 1. The van der Waals surface area contributed by atoms with E-state index >= 15 is 0 Å². The Morgan fingerprint density at radius 1 is 1.16 bits per heavy atom. The summed E-state index contributed by atoms with van der Waals surface area (Å²) in [5, 5.41) is 14.5. The zero-order valence-electron chi connectivity index (χ0n) is 16.4. The van der Waals surface area contributed by atoms with Crippen LogP contribution in [0.2, 0.25) is 0 Å². The van der Waals surface area contributed by atoms with E-state index in [2.05, 4.69) is 10.3 Å². The lowest BCUT2D eigenvalue weighted by Gasteiger charge is -2.44. The van der Waals surface area contributed by atoms with Gasteiger partial charge in [-0.15, -0.1) is 0 Å². The largest absolute Gasteiger partial charge is 0.486 e. The van der Waals surface area contributed by atoms with E-state index in [1.165, 1.54) is 12.1 Å². The summed E-state index contributed by atoms with van der Waals surface area (Å²) < 4.78 is 62.4. The number of halogens is 4. The summed E-state index contributed by atoms with van der Waals surface area (Å²) in [7, 11) is 0. The number of hydrogen-bond donors (Lipinski definition) is 2. The zero-order chi connectivity index (χ0) is 22.0. The second-order valence-corrected chi connectivity index (χ2v) is 7.88. The number of benzene rings is 2. The van der Waals surface area contributed by atoms with Gasteiger partial charge in [0.1, 0.15) is 6.61 Å². The highest BCUT2D eigenvalue weighted by atomic mass is 19.4. The summed E-state index contributed by atoms with van der Waals surface area (Å²) in [6.07, 6.45) is -4.18. The quantitative estimate of drug-likeness (QED) is 0.541. The van der Waals surface area contributed by atoms with Gasteiger partial charge in [0.25, 0.3) is 0 Å². The van der Waals surface area contributed by atoms with Crippen LogP contribution in [0.1, 0.15) is 29.3 Å². The topological polar surface area (TPSA) is 54.4 Å². The highest BCUT2D eigenvalue weighted by Gasteiger charge is 2.62. The Balaban J connectivity index is 1.72. The monoisotopic (exact) mass is 430 g/mol. The normalized spacial score (nSPS) is 22.5. The Hall–Kier alpha value is -3.13. The number of hydrogen-bond acceptors (Lipinski definition) is 4. The SMILES string of the molecule is Cc1ccc2c(N[C@H]3c4ccc(F)c5c4C(=CCO5)C[C@@]3(O)C(F)(F)F)cccc2n1. The van der Waals surface area contributed by atoms with Crippen molar-refractivity contribution in [1.82, 2.24) is 4.98 Å². The van der Waals surface area contributed by atoms with E-state index < -0.39 is 30.1 Å². The zero-order valence-corrected chi connectivity index (χ0v) is 16.4. The summed E-state index contributed by atoms with van der Waals surface area (Å²) in [6, 6.07) is 9.38.